The number of halogens is 1. The third-order valence-corrected chi connectivity index (χ3v) is 8.34. The Kier molecular flexibility index (Phi) is 6.20. The van der Waals surface area contributed by atoms with E-state index in [-0.39, 0.29) is 10.1 Å². The van der Waals surface area contributed by atoms with Crippen molar-refractivity contribution < 1.29 is 8.42 Å². The van der Waals surface area contributed by atoms with Crippen LogP contribution in [0.2, 0.25) is 5.02 Å². The molecule has 0 fully saturated rings. The first-order valence-corrected chi connectivity index (χ1v) is 12.2. The van der Waals surface area contributed by atoms with Crippen LogP contribution in [0.15, 0.2) is 93.7 Å². The first-order chi connectivity index (χ1) is 14.5. The van der Waals surface area contributed by atoms with Crippen molar-refractivity contribution >= 4 is 44.1 Å². The van der Waals surface area contributed by atoms with Crippen molar-refractivity contribution in [3.8, 4) is 0 Å². The van der Waals surface area contributed by atoms with Gasteiger partial charge in [0.25, 0.3) is 0 Å². The van der Waals surface area contributed by atoms with E-state index in [0.717, 1.165) is 11.1 Å². The van der Waals surface area contributed by atoms with Crippen LogP contribution in [-0.2, 0) is 16.3 Å². The lowest BCUT2D eigenvalue weighted by molar-refractivity contribution is 0.595. The van der Waals surface area contributed by atoms with E-state index in [0.29, 0.717) is 33.3 Å². The largest absolute Gasteiger partial charge is 0.349 e. The maximum Gasteiger partial charge on any atom is 0.209 e. The Morgan fingerprint density at radius 1 is 0.933 bits per heavy atom. The van der Waals surface area contributed by atoms with Crippen molar-refractivity contribution in [3.05, 3.63) is 89.4 Å². The lowest BCUT2D eigenvalue weighted by Gasteiger charge is -2.15. The number of hydrogen-bond acceptors (Lipinski definition) is 4. The van der Waals surface area contributed by atoms with Crippen LogP contribution >= 0.6 is 23.4 Å². The molecule has 0 aliphatic heterocycles. The third-order valence-electron chi connectivity index (χ3n) is 4.87. The second-order valence-corrected chi connectivity index (χ2v) is 10.6. The van der Waals surface area contributed by atoms with Gasteiger partial charge in [-0.2, -0.15) is 0 Å². The van der Waals surface area contributed by atoms with Gasteiger partial charge in [-0.3, -0.25) is 0 Å². The topological polar surface area (TPSA) is 76.0 Å². The molecule has 0 bridgehead atoms. The number of fused-ring (bicyclic) bond motifs is 1. The molecule has 4 aromatic rings. The highest BCUT2D eigenvalue weighted by atomic mass is 35.5. The van der Waals surface area contributed by atoms with E-state index in [4.69, 9.17) is 17.3 Å². The average molecular weight is 457 g/mol. The first-order valence-electron chi connectivity index (χ1n) is 9.51. The SMILES string of the molecule is NCC(Cc1ccc(Cl)cc1)Sc1[nH]c2ccccc2c1S(=O)(=O)c1ccccc1. The third kappa shape index (κ3) is 4.27. The van der Waals surface area contributed by atoms with Gasteiger partial charge in [0.05, 0.1) is 9.92 Å². The van der Waals surface area contributed by atoms with Gasteiger partial charge >= 0.3 is 0 Å². The zero-order valence-electron chi connectivity index (χ0n) is 16.1. The van der Waals surface area contributed by atoms with Crippen LogP contribution in [0.3, 0.4) is 0 Å². The van der Waals surface area contributed by atoms with Gasteiger partial charge in [-0.15, -0.1) is 11.8 Å². The Hall–Kier alpha value is -2.25. The van der Waals surface area contributed by atoms with Crippen LogP contribution in [0.4, 0.5) is 0 Å². The summed E-state index contributed by atoms with van der Waals surface area (Å²) in [5, 5.41) is 1.99. The molecule has 1 heterocycles. The molecular weight excluding hydrogens is 436 g/mol. The summed E-state index contributed by atoms with van der Waals surface area (Å²) in [4.78, 5) is 3.89. The maximum absolute atomic E-state index is 13.5. The molecule has 7 heteroatoms. The normalized spacial score (nSPS) is 12.9. The lowest BCUT2D eigenvalue weighted by atomic mass is 10.1. The summed E-state index contributed by atoms with van der Waals surface area (Å²) < 4.78 is 27.0. The number of hydrogen-bond donors (Lipinski definition) is 2. The summed E-state index contributed by atoms with van der Waals surface area (Å²) in [5.41, 5.74) is 7.94. The molecule has 0 spiro atoms. The minimum Gasteiger partial charge on any atom is -0.349 e. The van der Waals surface area contributed by atoms with Crippen molar-refractivity contribution in [2.75, 3.05) is 6.54 Å². The zero-order valence-corrected chi connectivity index (χ0v) is 18.5. The van der Waals surface area contributed by atoms with E-state index in [1.165, 1.54) is 11.8 Å². The highest BCUT2D eigenvalue weighted by molar-refractivity contribution is 8.00. The highest BCUT2D eigenvalue weighted by Crippen LogP contribution is 2.38. The van der Waals surface area contributed by atoms with E-state index >= 15 is 0 Å². The van der Waals surface area contributed by atoms with Crippen molar-refractivity contribution in [3.63, 3.8) is 0 Å². The van der Waals surface area contributed by atoms with Crippen molar-refractivity contribution in [2.24, 2.45) is 5.73 Å². The number of aromatic amines is 1. The molecule has 0 aliphatic carbocycles. The maximum atomic E-state index is 13.5. The summed E-state index contributed by atoms with van der Waals surface area (Å²) >= 11 is 7.45. The molecule has 154 valence electrons. The fourth-order valence-electron chi connectivity index (χ4n) is 3.38. The van der Waals surface area contributed by atoms with E-state index in [1.807, 2.05) is 48.5 Å². The molecular formula is C23H21ClN2O2S2. The van der Waals surface area contributed by atoms with Gasteiger partial charge in [-0.25, -0.2) is 8.42 Å². The summed E-state index contributed by atoms with van der Waals surface area (Å²) in [6, 6.07) is 23.6. The van der Waals surface area contributed by atoms with Gasteiger partial charge in [-0.05, 0) is 42.3 Å². The van der Waals surface area contributed by atoms with E-state index < -0.39 is 9.84 Å². The number of sulfone groups is 1. The van der Waals surface area contributed by atoms with Crippen LogP contribution in [0.25, 0.3) is 10.9 Å². The number of thioether (sulfide) groups is 1. The van der Waals surface area contributed by atoms with Gasteiger partial charge in [0.2, 0.25) is 9.84 Å². The van der Waals surface area contributed by atoms with Gasteiger partial charge in [0.1, 0.15) is 4.90 Å². The number of benzene rings is 3. The minimum absolute atomic E-state index is 0.00367. The number of rotatable bonds is 7. The van der Waals surface area contributed by atoms with E-state index in [2.05, 4.69) is 4.98 Å². The Bertz CT molecular complexity index is 1250. The zero-order chi connectivity index (χ0) is 21.1. The minimum atomic E-state index is -3.70. The number of H-pyrrole nitrogens is 1. The number of aromatic nitrogens is 1. The summed E-state index contributed by atoms with van der Waals surface area (Å²) in [7, 11) is -3.70. The van der Waals surface area contributed by atoms with Gasteiger partial charge in [-0.1, -0.05) is 60.1 Å². The number of nitrogens with two attached hydrogens (primary N) is 1. The molecule has 4 nitrogen and oxygen atoms in total. The Morgan fingerprint density at radius 2 is 1.60 bits per heavy atom. The standard InChI is InChI=1S/C23H21ClN2O2S2/c24-17-12-10-16(11-13-17)14-18(15-25)29-23-22(20-8-4-5-9-21(20)26-23)30(27,28)19-6-2-1-3-7-19/h1-13,18,26H,14-15,25H2. The molecule has 0 saturated heterocycles. The Balaban J connectivity index is 1.75. The molecule has 3 aromatic carbocycles. The fourth-order valence-corrected chi connectivity index (χ4v) is 6.59. The Morgan fingerprint density at radius 3 is 2.30 bits per heavy atom. The van der Waals surface area contributed by atoms with E-state index in [1.54, 1.807) is 30.3 Å². The summed E-state index contributed by atoms with van der Waals surface area (Å²) in [6.07, 6.45) is 0.707. The predicted molar refractivity (Wildman–Crippen MR) is 124 cm³/mol. The molecule has 3 N–H and O–H groups in total. The summed E-state index contributed by atoms with van der Waals surface area (Å²) in [5.74, 6) is 0. The molecule has 0 aliphatic rings. The molecule has 0 radical (unpaired) electrons. The molecule has 1 unspecified atom stereocenters. The van der Waals surface area contributed by atoms with Crippen molar-refractivity contribution in [1.82, 2.24) is 4.98 Å². The molecule has 1 atom stereocenters. The highest BCUT2D eigenvalue weighted by Gasteiger charge is 2.27. The van der Waals surface area contributed by atoms with Gasteiger partial charge in [0, 0.05) is 27.7 Å². The van der Waals surface area contributed by atoms with Crippen LogP contribution in [0, 0.1) is 0 Å². The fraction of sp³-hybridized carbons (Fsp3) is 0.130. The second kappa shape index (κ2) is 8.86. The molecule has 30 heavy (non-hydrogen) atoms. The van der Waals surface area contributed by atoms with E-state index in [9.17, 15) is 8.42 Å². The van der Waals surface area contributed by atoms with Crippen LogP contribution in [0.5, 0.6) is 0 Å². The number of para-hydroxylation sites is 1. The Labute approximate surface area is 185 Å². The monoisotopic (exact) mass is 456 g/mol. The van der Waals surface area contributed by atoms with Crippen LogP contribution in [0.1, 0.15) is 5.56 Å². The van der Waals surface area contributed by atoms with Crippen LogP contribution in [-0.4, -0.2) is 25.2 Å². The number of nitrogens with one attached hydrogen (secondary N) is 1. The predicted octanol–water partition coefficient (Wildman–Crippen LogP) is 5.32. The quantitative estimate of drug-likeness (QED) is 0.369. The molecule has 1 aromatic heterocycles. The lowest BCUT2D eigenvalue weighted by Crippen LogP contribution is -2.19. The smallest absolute Gasteiger partial charge is 0.209 e. The second-order valence-electron chi connectivity index (χ2n) is 6.95. The molecule has 4 rings (SSSR count). The summed E-state index contributed by atoms with van der Waals surface area (Å²) in [6.45, 7) is 0.410. The van der Waals surface area contributed by atoms with Gasteiger partial charge in [0.15, 0.2) is 0 Å². The molecule has 0 amide bonds. The van der Waals surface area contributed by atoms with Crippen molar-refractivity contribution in [1.29, 1.82) is 0 Å². The first kappa shape index (κ1) is 21.0. The van der Waals surface area contributed by atoms with Crippen LogP contribution < -0.4 is 5.73 Å². The van der Waals surface area contributed by atoms with Gasteiger partial charge < -0.3 is 10.7 Å². The molecule has 0 saturated carbocycles. The van der Waals surface area contributed by atoms with Crippen molar-refractivity contribution in [2.45, 2.75) is 26.5 Å². The average Bonchev–Trinajstić information content (AvgIpc) is 3.14.